The number of nitrogens with zero attached hydrogens (tertiary/aromatic N) is 1. The van der Waals surface area contributed by atoms with Gasteiger partial charge in [0.15, 0.2) is 17.6 Å². The highest BCUT2D eigenvalue weighted by atomic mass is 16.6. The average Bonchev–Trinajstić information content (AvgIpc) is 2.67. The van der Waals surface area contributed by atoms with Gasteiger partial charge in [0, 0.05) is 11.8 Å². The topological polar surface area (TPSA) is 117 Å². The molecule has 0 radical (unpaired) electrons. The summed E-state index contributed by atoms with van der Waals surface area (Å²) in [5.74, 6) is -1.39. The summed E-state index contributed by atoms with van der Waals surface area (Å²) in [6.45, 7) is 1.36. The number of para-hydroxylation sites is 1. The number of hydrogen-bond donors (Lipinski definition) is 1. The maximum absolute atomic E-state index is 12.4. The van der Waals surface area contributed by atoms with E-state index in [-0.39, 0.29) is 17.1 Å². The van der Waals surface area contributed by atoms with Gasteiger partial charge in [-0.25, -0.2) is 4.79 Å². The maximum atomic E-state index is 12.4. The molecule has 0 aliphatic carbocycles. The summed E-state index contributed by atoms with van der Waals surface area (Å²) in [7, 11) is 2.64. The molecule has 0 aromatic heterocycles. The first kappa shape index (κ1) is 19.7. The van der Waals surface area contributed by atoms with Crippen molar-refractivity contribution in [3.05, 3.63) is 58.1 Å². The Labute approximate surface area is 155 Å². The van der Waals surface area contributed by atoms with Gasteiger partial charge in [-0.15, -0.1) is 0 Å². The molecule has 0 heterocycles. The van der Waals surface area contributed by atoms with Crippen LogP contribution in [0.4, 0.5) is 11.4 Å². The zero-order valence-electron chi connectivity index (χ0n) is 14.9. The van der Waals surface area contributed by atoms with E-state index in [2.05, 4.69) is 5.32 Å². The summed E-state index contributed by atoms with van der Waals surface area (Å²) in [6.07, 6.45) is -1.18. The van der Waals surface area contributed by atoms with E-state index in [1.165, 1.54) is 21.1 Å². The number of hydrogen-bond acceptors (Lipinski definition) is 7. The highest BCUT2D eigenvalue weighted by Crippen LogP contribution is 2.35. The fraction of sp³-hybridized carbons (Fsp3) is 0.222. The van der Waals surface area contributed by atoms with E-state index in [4.69, 9.17) is 14.2 Å². The van der Waals surface area contributed by atoms with Crippen molar-refractivity contribution in [1.82, 2.24) is 0 Å². The second kappa shape index (κ2) is 8.65. The molecule has 1 N–H and O–H groups in total. The van der Waals surface area contributed by atoms with Crippen LogP contribution in [0.15, 0.2) is 42.5 Å². The lowest BCUT2D eigenvalue weighted by atomic mass is 10.1. The van der Waals surface area contributed by atoms with Gasteiger partial charge in [0.05, 0.1) is 25.2 Å². The van der Waals surface area contributed by atoms with Gasteiger partial charge in [-0.2, -0.15) is 0 Å². The second-order valence-corrected chi connectivity index (χ2v) is 5.38. The molecule has 27 heavy (non-hydrogen) atoms. The quantitative estimate of drug-likeness (QED) is 0.450. The van der Waals surface area contributed by atoms with Crippen LogP contribution in [0, 0.1) is 10.1 Å². The third-order valence-corrected chi connectivity index (χ3v) is 3.61. The molecule has 0 bridgehead atoms. The predicted octanol–water partition coefficient (Wildman–Crippen LogP) is 2.80. The lowest BCUT2D eigenvalue weighted by Crippen LogP contribution is -2.30. The third kappa shape index (κ3) is 4.72. The molecule has 0 aliphatic heterocycles. The Morgan fingerprint density at radius 2 is 1.67 bits per heavy atom. The van der Waals surface area contributed by atoms with Crippen LogP contribution < -0.4 is 14.8 Å². The summed E-state index contributed by atoms with van der Waals surface area (Å²) in [5.41, 5.74) is -0.340. The Bertz CT molecular complexity index is 852. The molecule has 142 valence electrons. The van der Waals surface area contributed by atoms with Crippen molar-refractivity contribution in [1.29, 1.82) is 0 Å². The number of benzene rings is 2. The second-order valence-electron chi connectivity index (χ2n) is 5.38. The molecule has 2 rings (SSSR count). The first-order valence-electron chi connectivity index (χ1n) is 7.84. The number of carbonyl (C=O) groups excluding carboxylic acids is 2. The maximum Gasteiger partial charge on any atom is 0.346 e. The van der Waals surface area contributed by atoms with E-state index in [1.807, 2.05) is 0 Å². The van der Waals surface area contributed by atoms with Crippen molar-refractivity contribution < 1.29 is 28.7 Å². The SMILES string of the molecule is COc1cc(C(=O)O[C@@H](C)C(=O)Nc2ccccc2)c([N+](=O)[O-])cc1OC. The van der Waals surface area contributed by atoms with Gasteiger partial charge >= 0.3 is 5.97 Å². The number of esters is 1. The van der Waals surface area contributed by atoms with Crippen molar-refractivity contribution in [3.8, 4) is 11.5 Å². The molecule has 0 aliphatic rings. The molecule has 2 aromatic carbocycles. The molecule has 0 unspecified atom stereocenters. The number of carbonyl (C=O) groups is 2. The zero-order valence-corrected chi connectivity index (χ0v) is 14.9. The van der Waals surface area contributed by atoms with Crippen molar-refractivity contribution in [3.63, 3.8) is 0 Å². The molecule has 1 amide bonds. The fourth-order valence-corrected chi connectivity index (χ4v) is 2.23. The summed E-state index contributed by atoms with van der Waals surface area (Å²) >= 11 is 0. The summed E-state index contributed by atoms with van der Waals surface area (Å²) in [4.78, 5) is 35.1. The summed E-state index contributed by atoms with van der Waals surface area (Å²) in [6, 6.07) is 10.8. The van der Waals surface area contributed by atoms with Crippen molar-refractivity contribution in [2.45, 2.75) is 13.0 Å². The van der Waals surface area contributed by atoms with Crippen LogP contribution in [0.25, 0.3) is 0 Å². The van der Waals surface area contributed by atoms with Crippen LogP contribution in [-0.2, 0) is 9.53 Å². The van der Waals surface area contributed by atoms with Crippen LogP contribution in [0.2, 0.25) is 0 Å². The van der Waals surface area contributed by atoms with Crippen LogP contribution in [0.5, 0.6) is 11.5 Å². The molecule has 0 spiro atoms. The van der Waals surface area contributed by atoms with Crippen LogP contribution >= 0.6 is 0 Å². The summed E-state index contributed by atoms with van der Waals surface area (Å²) < 4.78 is 15.1. The minimum atomic E-state index is -1.18. The average molecular weight is 374 g/mol. The Morgan fingerprint density at radius 1 is 1.07 bits per heavy atom. The number of nitrogens with one attached hydrogen (secondary N) is 1. The highest BCUT2D eigenvalue weighted by molar-refractivity contribution is 5.99. The Hall–Kier alpha value is -3.62. The van der Waals surface area contributed by atoms with Gasteiger partial charge in [-0.05, 0) is 19.1 Å². The fourth-order valence-electron chi connectivity index (χ4n) is 2.23. The molecular formula is C18H18N2O7. The van der Waals surface area contributed by atoms with E-state index < -0.39 is 28.6 Å². The normalized spacial score (nSPS) is 11.2. The van der Waals surface area contributed by atoms with E-state index in [1.54, 1.807) is 30.3 Å². The monoisotopic (exact) mass is 374 g/mol. The van der Waals surface area contributed by atoms with Gasteiger partial charge in [-0.3, -0.25) is 14.9 Å². The number of anilines is 1. The molecule has 2 aromatic rings. The number of amides is 1. The van der Waals surface area contributed by atoms with Gasteiger partial charge in [0.25, 0.3) is 11.6 Å². The molecule has 0 fully saturated rings. The molecular weight excluding hydrogens is 356 g/mol. The number of ether oxygens (including phenoxy) is 3. The molecule has 0 saturated carbocycles. The standard InChI is InChI=1S/C18H18N2O7/c1-11(17(21)19-12-7-5-4-6-8-12)27-18(22)13-9-15(25-2)16(26-3)10-14(13)20(23)24/h4-11H,1-3H3,(H,19,21)/t11-/m0/s1. The van der Waals surface area contributed by atoms with E-state index in [0.29, 0.717) is 5.69 Å². The highest BCUT2D eigenvalue weighted by Gasteiger charge is 2.28. The zero-order chi connectivity index (χ0) is 20.0. The molecule has 0 saturated heterocycles. The smallest absolute Gasteiger partial charge is 0.346 e. The minimum absolute atomic E-state index is 0.0932. The Morgan fingerprint density at radius 3 is 2.22 bits per heavy atom. The lowest BCUT2D eigenvalue weighted by Gasteiger charge is -2.14. The minimum Gasteiger partial charge on any atom is -0.493 e. The number of nitro groups is 1. The molecule has 9 heteroatoms. The van der Waals surface area contributed by atoms with Gasteiger partial charge in [-0.1, -0.05) is 18.2 Å². The molecule has 1 atom stereocenters. The number of rotatable bonds is 7. The van der Waals surface area contributed by atoms with Crippen LogP contribution in [0.3, 0.4) is 0 Å². The van der Waals surface area contributed by atoms with Gasteiger partial charge in [0.2, 0.25) is 0 Å². The van der Waals surface area contributed by atoms with E-state index >= 15 is 0 Å². The van der Waals surface area contributed by atoms with Crippen molar-refractivity contribution in [2.75, 3.05) is 19.5 Å². The Balaban J connectivity index is 2.21. The van der Waals surface area contributed by atoms with E-state index in [0.717, 1.165) is 12.1 Å². The number of nitro benzene ring substituents is 1. The first-order chi connectivity index (χ1) is 12.9. The lowest BCUT2D eigenvalue weighted by molar-refractivity contribution is -0.385. The van der Waals surface area contributed by atoms with Crippen molar-refractivity contribution in [2.24, 2.45) is 0 Å². The number of methoxy groups -OCH3 is 2. The molecule has 9 nitrogen and oxygen atoms in total. The van der Waals surface area contributed by atoms with E-state index in [9.17, 15) is 19.7 Å². The van der Waals surface area contributed by atoms with Crippen molar-refractivity contribution >= 4 is 23.3 Å². The predicted molar refractivity (Wildman–Crippen MR) is 96.1 cm³/mol. The Kier molecular flexibility index (Phi) is 6.32. The largest absolute Gasteiger partial charge is 0.493 e. The van der Waals surface area contributed by atoms with Gasteiger partial charge in [0.1, 0.15) is 5.56 Å². The summed E-state index contributed by atoms with van der Waals surface area (Å²) in [5, 5.41) is 13.9. The van der Waals surface area contributed by atoms with Gasteiger partial charge < -0.3 is 19.5 Å². The van der Waals surface area contributed by atoms with Crippen LogP contribution in [0.1, 0.15) is 17.3 Å². The van der Waals surface area contributed by atoms with Crippen LogP contribution in [-0.4, -0.2) is 37.1 Å². The first-order valence-corrected chi connectivity index (χ1v) is 7.84. The third-order valence-electron chi connectivity index (χ3n) is 3.61.